The van der Waals surface area contributed by atoms with E-state index >= 15 is 0 Å². The first-order chi connectivity index (χ1) is 13.0. The van der Waals surface area contributed by atoms with E-state index in [1.807, 2.05) is 54.6 Å². The molecular formula is C22H28N2O3. The zero-order valence-electron chi connectivity index (χ0n) is 16.1. The molecule has 2 N–H and O–H groups in total. The van der Waals surface area contributed by atoms with Crippen LogP contribution in [0.4, 0.5) is 0 Å². The molecule has 2 amide bonds. The Morgan fingerprint density at radius 2 is 1.74 bits per heavy atom. The van der Waals surface area contributed by atoms with Crippen molar-refractivity contribution in [1.29, 1.82) is 0 Å². The highest BCUT2D eigenvalue weighted by atomic mass is 16.5. The number of benzene rings is 2. The topological polar surface area (TPSA) is 72.6 Å². The SMILES string of the molecule is CCC(C)c1ccccc1OCC(=O)N(CCC(N)=O)Cc1ccccc1. The van der Waals surface area contributed by atoms with Crippen LogP contribution >= 0.6 is 0 Å². The number of para-hydroxylation sites is 1. The van der Waals surface area contributed by atoms with Crippen LogP contribution in [0.1, 0.15) is 43.7 Å². The van der Waals surface area contributed by atoms with Gasteiger partial charge < -0.3 is 15.4 Å². The number of nitrogens with zero attached hydrogens (tertiary/aromatic N) is 1. The van der Waals surface area contributed by atoms with E-state index in [9.17, 15) is 9.59 Å². The quantitative estimate of drug-likeness (QED) is 0.698. The van der Waals surface area contributed by atoms with Crippen molar-refractivity contribution in [2.75, 3.05) is 13.2 Å². The van der Waals surface area contributed by atoms with E-state index in [2.05, 4.69) is 13.8 Å². The van der Waals surface area contributed by atoms with E-state index in [1.54, 1.807) is 4.90 Å². The first-order valence-electron chi connectivity index (χ1n) is 9.33. The van der Waals surface area contributed by atoms with Crippen molar-refractivity contribution in [2.24, 2.45) is 5.73 Å². The first-order valence-corrected chi connectivity index (χ1v) is 9.33. The van der Waals surface area contributed by atoms with Gasteiger partial charge in [-0.3, -0.25) is 9.59 Å². The standard InChI is InChI=1S/C22H28N2O3/c1-3-17(2)19-11-7-8-12-20(19)27-16-22(26)24(14-13-21(23)25)15-18-9-5-4-6-10-18/h4-12,17H,3,13-16H2,1-2H3,(H2,23,25). The Bertz CT molecular complexity index is 746. The molecule has 5 nitrogen and oxygen atoms in total. The van der Waals surface area contributed by atoms with Gasteiger partial charge in [0.2, 0.25) is 5.91 Å². The predicted octanol–water partition coefficient (Wildman–Crippen LogP) is 3.48. The van der Waals surface area contributed by atoms with Crippen molar-refractivity contribution in [3.8, 4) is 5.75 Å². The Balaban J connectivity index is 2.06. The highest BCUT2D eigenvalue weighted by Gasteiger charge is 2.17. The van der Waals surface area contributed by atoms with E-state index in [-0.39, 0.29) is 25.5 Å². The second-order valence-electron chi connectivity index (χ2n) is 6.65. The molecule has 0 aromatic heterocycles. The molecule has 27 heavy (non-hydrogen) atoms. The van der Waals surface area contributed by atoms with Crippen molar-refractivity contribution >= 4 is 11.8 Å². The van der Waals surface area contributed by atoms with Gasteiger partial charge in [0.15, 0.2) is 6.61 Å². The largest absolute Gasteiger partial charge is 0.483 e. The minimum atomic E-state index is -0.427. The molecular weight excluding hydrogens is 340 g/mol. The summed E-state index contributed by atoms with van der Waals surface area (Å²) in [6, 6.07) is 17.5. The Morgan fingerprint density at radius 1 is 1.07 bits per heavy atom. The highest BCUT2D eigenvalue weighted by Crippen LogP contribution is 2.28. The Morgan fingerprint density at radius 3 is 2.41 bits per heavy atom. The highest BCUT2D eigenvalue weighted by molar-refractivity contribution is 5.79. The number of ether oxygens (including phenoxy) is 1. The van der Waals surface area contributed by atoms with Gasteiger partial charge in [0.1, 0.15) is 5.75 Å². The van der Waals surface area contributed by atoms with Gasteiger partial charge >= 0.3 is 0 Å². The zero-order chi connectivity index (χ0) is 19.6. The maximum atomic E-state index is 12.7. The summed E-state index contributed by atoms with van der Waals surface area (Å²) < 4.78 is 5.84. The molecule has 1 atom stereocenters. The molecule has 144 valence electrons. The van der Waals surface area contributed by atoms with Crippen LogP contribution in [-0.2, 0) is 16.1 Å². The molecule has 0 fully saturated rings. The molecule has 0 saturated carbocycles. The number of amides is 2. The van der Waals surface area contributed by atoms with Crippen molar-refractivity contribution in [3.05, 3.63) is 65.7 Å². The summed E-state index contributed by atoms with van der Waals surface area (Å²) in [5, 5.41) is 0. The second kappa shape index (κ2) is 10.4. The van der Waals surface area contributed by atoms with Crippen molar-refractivity contribution in [2.45, 2.75) is 39.2 Å². The lowest BCUT2D eigenvalue weighted by Crippen LogP contribution is -2.36. The molecule has 0 aliphatic rings. The van der Waals surface area contributed by atoms with Crippen LogP contribution in [-0.4, -0.2) is 29.9 Å². The predicted molar refractivity (Wildman–Crippen MR) is 106 cm³/mol. The maximum Gasteiger partial charge on any atom is 0.260 e. The van der Waals surface area contributed by atoms with Gasteiger partial charge in [0, 0.05) is 19.5 Å². The van der Waals surface area contributed by atoms with E-state index < -0.39 is 5.91 Å². The molecule has 0 spiro atoms. The molecule has 2 rings (SSSR count). The average molecular weight is 368 g/mol. The van der Waals surface area contributed by atoms with Crippen LogP contribution in [0.25, 0.3) is 0 Å². The van der Waals surface area contributed by atoms with E-state index in [0.29, 0.717) is 12.5 Å². The lowest BCUT2D eigenvalue weighted by atomic mass is 9.98. The summed E-state index contributed by atoms with van der Waals surface area (Å²) in [6.07, 6.45) is 1.12. The van der Waals surface area contributed by atoms with Gasteiger partial charge in [-0.2, -0.15) is 0 Å². The average Bonchev–Trinajstić information content (AvgIpc) is 2.69. The number of carbonyl (C=O) groups excluding carboxylic acids is 2. The molecule has 0 saturated heterocycles. The van der Waals surface area contributed by atoms with Gasteiger partial charge in [-0.1, -0.05) is 62.4 Å². The molecule has 1 unspecified atom stereocenters. The second-order valence-corrected chi connectivity index (χ2v) is 6.65. The normalized spacial score (nSPS) is 11.6. The third-order valence-corrected chi connectivity index (χ3v) is 4.61. The summed E-state index contributed by atoms with van der Waals surface area (Å²) in [4.78, 5) is 25.5. The van der Waals surface area contributed by atoms with Gasteiger partial charge in [-0.05, 0) is 29.5 Å². The number of nitrogens with two attached hydrogens (primary N) is 1. The third-order valence-electron chi connectivity index (χ3n) is 4.61. The summed E-state index contributed by atoms with van der Waals surface area (Å²) in [5.74, 6) is 0.490. The lowest BCUT2D eigenvalue weighted by molar-refractivity contribution is -0.134. The minimum absolute atomic E-state index is 0.0704. The van der Waals surface area contributed by atoms with Gasteiger partial charge in [-0.25, -0.2) is 0 Å². The summed E-state index contributed by atoms with van der Waals surface area (Å²) >= 11 is 0. The molecule has 2 aromatic rings. The van der Waals surface area contributed by atoms with Gasteiger partial charge in [0.25, 0.3) is 5.91 Å². The fourth-order valence-corrected chi connectivity index (χ4v) is 2.81. The smallest absolute Gasteiger partial charge is 0.260 e. The number of rotatable bonds is 10. The number of hydrogen-bond acceptors (Lipinski definition) is 3. The van der Waals surface area contributed by atoms with Gasteiger partial charge in [-0.15, -0.1) is 0 Å². The Labute approximate surface area is 161 Å². The van der Waals surface area contributed by atoms with Crippen LogP contribution in [0.5, 0.6) is 5.75 Å². The monoisotopic (exact) mass is 368 g/mol. The van der Waals surface area contributed by atoms with E-state index in [4.69, 9.17) is 10.5 Å². The third kappa shape index (κ3) is 6.44. The van der Waals surface area contributed by atoms with Crippen molar-refractivity contribution in [3.63, 3.8) is 0 Å². The molecule has 0 heterocycles. The van der Waals surface area contributed by atoms with Crippen LogP contribution in [0.2, 0.25) is 0 Å². The van der Waals surface area contributed by atoms with Crippen LogP contribution in [0.15, 0.2) is 54.6 Å². The maximum absolute atomic E-state index is 12.7. The molecule has 2 aromatic carbocycles. The van der Waals surface area contributed by atoms with Crippen LogP contribution in [0.3, 0.4) is 0 Å². The summed E-state index contributed by atoms with van der Waals surface area (Å²) in [7, 11) is 0. The summed E-state index contributed by atoms with van der Waals surface area (Å²) in [5.41, 5.74) is 7.35. The number of hydrogen-bond donors (Lipinski definition) is 1. The number of carbonyl (C=O) groups is 2. The van der Waals surface area contributed by atoms with Crippen LogP contribution < -0.4 is 10.5 Å². The summed E-state index contributed by atoms with van der Waals surface area (Å²) in [6.45, 7) is 4.89. The van der Waals surface area contributed by atoms with Gasteiger partial charge in [0.05, 0.1) is 0 Å². The zero-order valence-corrected chi connectivity index (χ0v) is 16.1. The molecule has 5 heteroatoms. The van der Waals surface area contributed by atoms with E-state index in [0.717, 1.165) is 23.3 Å². The number of primary amides is 1. The van der Waals surface area contributed by atoms with Crippen LogP contribution in [0, 0.1) is 0 Å². The van der Waals surface area contributed by atoms with Crippen molar-refractivity contribution < 1.29 is 14.3 Å². The Kier molecular flexibility index (Phi) is 7.86. The minimum Gasteiger partial charge on any atom is -0.483 e. The Hall–Kier alpha value is -2.82. The molecule has 0 radical (unpaired) electrons. The molecule has 0 aliphatic heterocycles. The molecule has 0 bridgehead atoms. The molecule has 0 aliphatic carbocycles. The van der Waals surface area contributed by atoms with E-state index in [1.165, 1.54) is 0 Å². The van der Waals surface area contributed by atoms with Crippen molar-refractivity contribution in [1.82, 2.24) is 4.90 Å². The fraction of sp³-hybridized carbons (Fsp3) is 0.364. The fourth-order valence-electron chi connectivity index (χ4n) is 2.81. The first kappa shape index (κ1) is 20.5. The lowest BCUT2D eigenvalue weighted by Gasteiger charge is -2.23.